The molecule has 1 saturated heterocycles. The number of rotatable bonds is 3. The second-order valence-corrected chi connectivity index (χ2v) is 7.38. The summed E-state index contributed by atoms with van der Waals surface area (Å²) in [5.74, 6) is 1.24. The van der Waals surface area contributed by atoms with Crippen LogP contribution in [-0.2, 0) is 9.59 Å². The van der Waals surface area contributed by atoms with Gasteiger partial charge in [-0.1, -0.05) is 6.92 Å². The first kappa shape index (κ1) is 17.3. The van der Waals surface area contributed by atoms with Gasteiger partial charge in [-0.15, -0.1) is 0 Å². The number of ether oxygens (including phenoxy) is 1. The smallest absolute Gasteiger partial charge is 0.237 e. The average Bonchev–Trinajstić information content (AvgIpc) is 2.93. The van der Waals surface area contributed by atoms with Crippen LogP contribution in [0.4, 0.5) is 5.69 Å². The first-order valence-corrected chi connectivity index (χ1v) is 9.22. The molecule has 0 bridgehead atoms. The van der Waals surface area contributed by atoms with Crippen molar-refractivity contribution in [3.63, 3.8) is 0 Å². The number of hydrogen-bond acceptors (Lipinski definition) is 4. The number of nitriles is 1. The molecule has 1 aliphatic carbocycles. The van der Waals surface area contributed by atoms with E-state index in [2.05, 4.69) is 13.0 Å². The van der Waals surface area contributed by atoms with Crippen LogP contribution in [0.1, 0.15) is 31.7 Å². The molecule has 0 unspecified atom stereocenters. The van der Waals surface area contributed by atoms with Gasteiger partial charge in [0.2, 0.25) is 11.8 Å². The van der Waals surface area contributed by atoms with Crippen molar-refractivity contribution >= 4 is 17.5 Å². The molecule has 2 aliphatic rings. The summed E-state index contributed by atoms with van der Waals surface area (Å²) >= 11 is 0. The van der Waals surface area contributed by atoms with Gasteiger partial charge in [0.05, 0.1) is 29.2 Å². The van der Waals surface area contributed by atoms with Crippen LogP contribution < -0.4 is 9.64 Å². The maximum Gasteiger partial charge on any atom is 0.237 e. The molecule has 27 heavy (non-hydrogen) atoms. The maximum atomic E-state index is 12.8. The lowest BCUT2D eigenvalue weighted by Gasteiger charge is -2.25. The number of amides is 2. The Morgan fingerprint density at radius 1 is 0.926 bits per heavy atom. The van der Waals surface area contributed by atoms with Crippen LogP contribution in [0.15, 0.2) is 48.5 Å². The first-order chi connectivity index (χ1) is 13.1. The Kier molecular flexibility index (Phi) is 4.41. The number of fused-ring (bicyclic) bond motifs is 1. The zero-order chi connectivity index (χ0) is 19.0. The number of nitrogens with zero attached hydrogens (tertiary/aromatic N) is 2. The van der Waals surface area contributed by atoms with Crippen LogP contribution >= 0.6 is 0 Å². The van der Waals surface area contributed by atoms with Crippen LogP contribution in [0, 0.1) is 29.1 Å². The van der Waals surface area contributed by atoms with Crippen molar-refractivity contribution < 1.29 is 14.3 Å². The van der Waals surface area contributed by atoms with E-state index in [1.165, 1.54) is 4.90 Å². The van der Waals surface area contributed by atoms with Crippen molar-refractivity contribution in [2.75, 3.05) is 4.90 Å². The van der Waals surface area contributed by atoms with E-state index >= 15 is 0 Å². The third-order valence-corrected chi connectivity index (χ3v) is 5.50. The Balaban J connectivity index is 1.51. The monoisotopic (exact) mass is 360 g/mol. The molecule has 0 aromatic heterocycles. The molecular weight excluding hydrogens is 340 g/mol. The molecule has 0 N–H and O–H groups in total. The fraction of sp³-hybridized carbons (Fsp3) is 0.318. The van der Waals surface area contributed by atoms with E-state index in [-0.39, 0.29) is 23.7 Å². The highest BCUT2D eigenvalue weighted by molar-refractivity contribution is 6.22. The van der Waals surface area contributed by atoms with Gasteiger partial charge in [0.1, 0.15) is 11.5 Å². The molecule has 1 aliphatic heterocycles. The third kappa shape index (κ3) is 3.19. The standard InChI is InChI=1S/C22H20N2O3/c1-14-2-11-19-20(12-14)22(26)24(21(19)25)16-5-9-18(10-6-16)27-17-7-3-15(13-23)4-8-17/h3-10,14,19-20H,2,11-12H2,1H3/t14-,19+,20+/m1/s1. The molecule has 5 nitrogen and oxygen atoms in total. The van der Waals surface area contributed by atoms with E-state index in [1.807, 2.05) is 0 Å². The summed E-state index contributed by atoms with van der Waals surface area (Å²) in [5.41, 5.74) is 1.17. The highest BCUT2D eigenvalue weighted by atomic mass is 16.5. The van der Waals surface area contributed by atoms with Crippen LogP contribution in [0.3, 0.4) is 0 Å². The quantitative estimate of drug-likeness (QED) is 0.766. The van der Waals surface area contributed by atoms with Crippen LogP contribution in [0.2, 0.25) is 0 Å². The first-order valence-electron chi connectivity index (χ1n) is 9.22. The van der Waals surface area contributed by atoms with Gasteiger partial charge >= 0.3 is 0 Å². The zero-order valence-electron chi connectivity index (χ0n) is 15.1. The predicted molar refractivity (Wildman–Crippen MR) is 100 cm³/mol. The molecular formula is C22H20N2O3. The second kappa shape index (κ2) is 6.88. The lowest BCUT2D eigenvalue weighted by atomic mass is 9.76. The summed E-state index contributed by atoms with van der Waals surface area (Å²) in [6, 6.07) is 15.9. The van der Waals surface area contributed by atoms with E-state index in [9.17, 15) is 9.59 Å². The van der Waals surface area contributed by atoms with Crippen molar-refractivity contribution in [1.82, 2.24) is 0 Å². The molecule has 4 rings (SSSR count). The molecule has 0 radical (unpaired) electrons. The average molecular weight is 360 g/mol. The normalized spacial score (nSPS) is 24.4. The van der Waals surface area contributed by atoms with E-state index < -0.39 is 0 Å². The summed E-state index contributed by atoms with van der Waals surface area (Å²) in [6.45, 7) is 2.14. The van der Waals surface area contributed by atoms with Crippen LogP contribution in [-0.4, -0.2) is 11.8 Å². The largest absolute Gasteiger partial charge is 0.457 e. The van der Waals surface area contributed by atoms with Crippen LogP contribution in [0.25, 0.3) is 0 Å². The van der Waals surface area contributed by atoms with Gasteiger partial charge < -0.3 is 4.74 Å². The molecule has 0 spiro atoms. The fourth-order valence-electron chi connectivity index (χ4n) is 4.04. The van der Waals surface area contributed by atoms with Crippen molar-refractivity contribution in [3.05, 3.63) is 54.1 Å². The van der Waals surface area contributed by atoms with Gasteiger partial charge in [-0.3, -0.25) is 14.5 Å². The summed E-state index contributed by atoms with van der Waals surface area (Å²) < 4.78 is 5.76. The van der Waals surface area contributed by atoms with E-state index in [1.54, 1.807) is 48.5 Å². The van der Waals surface area contributed by atoms with Crippen molar-refractivity contribution in [2.45, 2.75) is 26.2 Å². The highest BCUT2D eigenvalue weighted by Crippen LogP contribution is 2.42. The minimum Gasteiger partial charge on any atom is -0.457 e. The molecule has 1 saturated carbocycles. The molecule has 3 atom stereocenters. The lowest BCUT2D eigenvalue weighted by Crippen LogP contribution is -2.30. The number of hydrogen-bond donors (Lipinski definition) is 0. The minimum atomic E-state index is -0.171. The number of benzene rings is 2. The Hall–Kier alpha value is -3.13. The number of imide groups is 1. The fourth-order valence-corrected chi connectivity index (χ4v) is 4.04. The summed E-state index contributed by atoms with van der Waals surface area (Å²) in [6.07, 6.45) is 2.60. The Labute approximate surface area is 158 Å². The Bertz CT molecular complexity index is 912. The Morgan fingerprint density at radius 2 is 1.52 bits per heavy atom. The van der Waals surface area contributed by atoms with E-state index in [0.717, 1.165) is 19.3 Å². The van der Waals surface area contributed by atoms with E-state index in [0.29, 0.717) is 28.7 Å². The van der Waals surface area contributed by atoms with Crippen molar-refractivity contribution in [1.29, 1.82) is 5.26 Å². The number of carbonyl (C=O) groups excluding carboxylic acids is 2. The van der Waals surface area contributed by atoms with Gasteiger partial charge in [0, 0.05) is 0 Å². The zero-order valence-corrected chi connectivity index (χ0v) is 15.1. The van der Waals surface area contributed by atoms with Crippen LogP contribution in [0.5, 0.6) is 11.5 Å². The summed E-state index contributed by atoms with van der Waals surface area (Å²) in [5, 5.41) is 8.84. The second-order valence-electron chi connectivity index (χ2n) is 7.38. The van der Waals surface area contributed by atoms with Gasteiger partial charge in [-0.25, -0.2) is 0 Å². The SMILES string of the molecule is C[C@@H]1CC[C@@H]2C(=O)N(c3ccc(Oc4ccc(C#N)cc4)cc3)C(=O)[C@H]2C1. The predicted octanol–water partition coefficient (Wildman–Crippen LogP) is 4.28. The Morgan fingerprint density at radius 3 is 2.15 bits per heavy atom. The van der Waals surface area contributed by atoms with Crippen molar-refractivity contribution in [3.8, 4) is 17.6 Å². The topological polar surface area (TPSA) is 70.4 Å². The molecule has 2 aromatic carbocycles. The molecule has 2 fully saturated rings. The molecule has 136 valence electrons. The summed E-state index contributed by atoms with van der Waals surface area (Å²) in [4.78, 5) is 26.9. The minimum absolute atomic E-state index is 0.0716. The summed E-state index contributed by atoms with van der Waals surface area (Å²) in [7, 11) is 0. The van der Waals surface area contributed by atoms with E-state index in [4.69, 9.17) is 10.00 Å². The third-order valence-electron chi connectivity index (χ3n) is 5.50. The van der Waals surface area contributed by atoms with Gasteiger partial charge in [0.25, 0.3) is 0 Å². The molecule has 5 heteroatoms. The molecule has 2 amide bonds. The highest BCUT2D eigenvalue weighted by Gasteiger charge is 2.49. The van der Waals surface area contributed by atoms with Gasteiger partial charge in [-0.2, -0.15) is 5.26 Å². The molecule has 1 heterocycles. The lowest BCUT2D eigenvalue weighted by molar-refractivity contribution is -0.122. The maximum absolute atomic E-state index is 12.8. The van der Waals surface area contributed by atoms with Crippen molar-refractivity contribution in [2.24, 2.45) is 17.8 Å². The number of carbonyl (C=O) groups is 2. The molecule has 2 aromatic rings. The van der Waals surface area contributed by atoms with Gasteiger partial charge in [-0.05, 0) is 73.7 Å². The number of anilines is 1. The van der Waals surface area contributed by atoms with Gasteiger partial charge in [0.15, 0.2) is 0 Å².